The molecule has 228 valence electrons. The summed E-state index contributed by atoms with van der Waals surface area (Å²) in [4.78, 5) is 45.8. The number of anilines is 1. The van der Waals surface area contributed by atoms with Crippen LogP contribution in [0, 0.1) is 11.8 Å². The molecule has 1 aliphatic carbocycles. The van der Waals surface area contributed by atoms with E-state index in [9.17, 15) is 14.4 Å². The Balaban J connectivity index is 1.22. The van der Waals surface area contributed by atoms with Crippen molar-refractivity contribution in [3.05, 3.63) is 76.3 Å². The van der Waals surface area contributed by atoms with Gasteiger partial charge in [-0.3, -0.25) is 14.4 Å². The highest BCUT2D eigenvalue weighted by Gasteiger charge is 2.72. The van der Waals surface area contributed by atoms with Gasteiger partial charge in [0.05, 0.1) is 17.9 Å². The molecule has 0 radical (unpaired) electrons. The van der Waals surface area contributed by atoms with E-state index in [2.05, 4.69) is 34.7 Å². The maximum atomic E-state index is 14.2. The van der Waals surface area contributed by atoms with E-state index in [1.165, 1.54) is 12.0 Å². The molecule has 4 aliphatic rings. The number of hydrogen-bond donors (Lipinski definition) is 2. The Labute approximate surface area is 262 Å². The number of carbonyl (C=O) groups excluding carboxylic acids is 3. The average Bonchev–Trinajstić information content (AvgIpc) is 3.61. The number of hydrogen-bond acceptors (Lipinski definition) is 5. The summed E-state index contributed by atoms with van der Waals surface area (Å²) in [5, 5.41) is 6.91. The fraction of sp³-hybridized carbons (Fsp3) is 0.485. The number of amides is 3. The van der Waals surface area contributed by atoms with Crippen LogP contribution in [0.1, 0.15) is 44.1 Å². The van der Waals surface area contributed by atoms with Gasteiger partial charge in [-0.05, 0) is 56.6 Å². The SMILES string of the molecule is CN(CCCN1C(=O)[C@H]2C(C(=O)Nc3cc(Cl)cc(Cl)c3)[C@H]3C=CC2(O3)C1C(=O)NC1CCCCC1)Cc1ccccc1. The van der Waals surface area contributed by atoms with Crippen molar-refractivity contribution in [2.45, 2.75) is 68.9 Å². The molecule has 2 saturated heterocycles. The number of fused-ring (bicyclic) bond motifs is 1. The van der Waals surface area contributed by atoms with Crippen LogP contribution in [0.25, 0.3) is 0 Å². The van der Waals surface area contributed by atoms with E-state index in [1.54, 1.807) is 23.1 Å². The Hall–Kier alpha value is -2.91. The number of halogens is 2. The summed E-state index contributed by atoms with van der Waals surface area (Å²) in [6.45, 7) is 1.92. The molecular weight excluding hydrogens is 587 g/mol. The highest BCUT2D eigenvalue weighted by molar-refractivity contribution is 6.35. The molecule has 0 aromatic heterocycles. The maximum absolute atomic E-state index is 14.2. The minimum absolute atomic E-state index is 0.0833. The van der Waals surface area contributed by atoms with E-state index in [4.69, 9.17) is 27.9 Å². The van der Waals surface area contributed by atoms with Crippen LogP contribution in [0.3, 0.4) is 0 Å². The Morgan fingerprint density at radius 1 is 1.05 bits per heavy atom. The molecule has 3 heterocycles. The summed E-state index contributed by atoms with van der Waals surface area (Å²) in [7, 11) is 2.05. The van der Waals surface area contributed by atoms with Gasteiger partial charge in [-0.25, -0.2) is 0 Å². The van der Waals surface area contributed by atoms with Crippen LogP contribution in [0.5, 0.6) is 0 Å². The molecule has 43 heavy (non-hydrogen) atoms. The molecule has 8 nitrogen and oxygen atoms in total. The zero-order valence-corrected chi connectivity index (χ0v) is 25.8. The Bertz CT molecular complexity index is 1380. The fourth-order valence-electron chi connectivity index (χ4n) is 7.37. The minimum atomic E-state index is -1.19. The average molecular weight is 626 g/mol. The third kappa shape index (κ3) is 6.07. The Morgan fingerprint density at radius 3 is 2.49 bits per heavy atom. The van der Waals surface area contributed by atoms with Gasteiger partial charge in [0.15, 0.2) is 0 Å². The molecule has 3 unspecified atom stereocenters. The van der Waals surface area contributed by atoms with Gasteiger partial charge in [-0.15, -0.1) is 0 Å². The molecule has 6 rings (SSSR count). The maximum Gasteiger partial charge on any atom is 0.246 e. The Morgan fingerprint density at radius 2 is 1.77 bits per heavy atom. The number of rotatable bonds is 10. The molecular formula is C33H38Cl2N4O4. The van der Waals surface area contributed by atoms with Gasteiger partial charge in [0.1, 0.15) is 11.6 Å². The van der Waals surface area contributed by atoms with Gasteiger partial charge in [-0.1, -0.05) is 84.9 Å². The van der Waals surface area contributed by atoms with E-state index in [0.717, 1.165) is 38.8 Å². The molecule has 3 fully saturated rings. The van der Waals surface area contributed by atoms with Gasteiger partial charge in [0.25, 0.3) is 0 Å². The van der Waals surface area contributed by atoms with Crippen molar-refractivity contribution < 1.29 is 19.1 Å². The predicted octanol–water partition coefficient (Wildman–Crippen LogP) is 5.05. The lowest BCUT2D eigenvalue weighted by Gasteiger charge is -2.34. The van der Waals surface area contributed by atoms with Crippen LogP contribution in [0.4, 0.5) is 5.69 Å². The lowest BCUT2D eigenvalue weighted by Crippen LogP contribution is -2.56. The first-order valence-electron chi connectivity index (χ1n) is 15.2. The van der Waals surface area contributed by atoms with Crippen molar-refractivity contribution in [3.63, 3.8) is 0 Å². The van der Waals surface area contributed by atoms with E-state index in [-0.39, 0.29) is 23.8 Å². The van der Waals surface area contributed by atoms with E-state index in [1.807, 2.05) is 30.4 Å². The molecule has 3 aliphatic heterocycles. The molecule has 3 amide bonds. The molecule has 2 aromatic carbocycles. The zero-order valence-electron chi connectivity index (χ0n) is 24.3. The number of carbonyl (C=O) groups is 3. The second-order valence-electron chi connectivity index (χ2n) is 12.3. The standard InChI is InChI=1S/C33H38Cl2N4O4/c1-38(20-21-9-4-2-5-10-21)15-8-16-39-29(31(41)36-24-11-6-3-7-12-24)33-14-13-26(43-33)27(28(33)32(39)42)30(40)37-25-18-22(34)17-23(35)19-25/h2,4-5,9-10,13-14,17-19,24,26-29H,3,6-8,11-12,15-16,20H2,1H3,(H,36,41)(H,37,40)/t26-,27?,28-,29?,33?/m1/s1. The smallest absolute Gasteiger partial charge is 0.246 e. The first-order valence-corrected chi connectivity index (χ1v) is 16.0. The molecule has 10 heteroatoms. The molecule has 5 atom stereocenters. The van der Waals surface area contributed by atoms with Gasteiger partial charge >= 0.3 is 0 Å². The summed E-state index contributed by atoms with van der Waals surface area (Å²) in [6.07, 6.45) is 8.94. The van der Waals surface area contributed by atoms with Crippen LogP contribution >= 0.6 is 23.2 Å². The molecule has 1 spiro atoms. The van der Waals surface area contributed by atoms with Crippen molar-refractivity contribution in [1.29, 1.82) is 0 Å². The summed E-state index contributed by atoms with van der Waals surface area (Å²) in [6, 6.07) is 14.3. The van der Waals surface area contributed by atoms with E-state index < -0.39 is 29.6 Å². The van der Waals surface area contributed by atoms with Crippen molar-refractivity contribution in [2.24, 2.45) is 11.8 Å². The fourth-order valence-corrected chi connectivity index (χ4v) is 7.90. The van der Waals surface area contributed by atoms with Crippen LogP contribution in [-0.2, 0) is 25.7 Å². The highest BCUT2D eigenvalue weighted by Crippen LogP contribution is 2.55. The van der Waals surface area contributed by atoms with Crippen molar-refractivity contribution in [2.75, 3.05) is 25.5 Å². The normalized spacial score (nSPS) is 28.0. The van der Waals surface area contributed by atoms with Crippen LogP contribution in [0.2, 0.25) is 10.0 Å². The molecule has 1 saturated carbocycles. The van der Waals surface area contributed by atoms with Crippen LogP contribution < -0.4 is 10.6 Å². The van der Waals surface area contributed by atoms with Crippen molar-refractivity contribution in [1.82, 2.24) is 15.1 Å². The number of benzene rings is 2. The van der Waals surface area contributed by atoms with Gasteiger partial charge in [0, 0.05) is 34.9 Å². The monoisotopic (exact) mass is 624 g/mol. The predicted molar refractivity (Wildman–Crippen MR) is 167 cm³/mol. The number of nitrogens with zero attached hydrogens (tertiary/aromatic N) is 2. The van der Waals surface area contributed by atoms with Crippen LogP contribution in [0.15, 0.2) is 60.7 Å². The second kappa shape index (κ2) is 12.6. The summed E-state index contributed by atoms with van der Waals surface area (Å²) >= 11 is 12.3. The van der Waals surface area contributed by atoms with Crippen LogP contribution in [-0.4, -0.2) is 71.4 Å². The van der Waals surface area contributed by atoms with Gasteiger partial charge < -0.3 is 25.2 Å². The van der Waals surface area contributed by atoms with Gasteiger partial charge in [-0.2, -0.15) is 0 Å². The zero-order chi connectivity index (χ0) is 30.1. The molecule has 2 N–H and O–H groups in total. The lowest BCUT2D eigenvalue weighted by atomic mass is 9.74. The summed E-state index contributed by atoms with van der Waals surface area (Å²) in [5.74, 6) is -2.37. The number of likely N-dealkylation sites (tertiary alicyclic amines) is 1. The minimum Gasteiger partial charge on any atom is -0.359 e. The Kier molecular flexibility index (Phi) is 8.83. The van der Waals surface area contributed by atoms with E-state index in [0.29, 0.717) is 28.7 Å². The van der Waals surface area contributed by atoms with Crippen molar-refractivity contribution in [3.8, 4) is 0 Å². The first kappa shape index (κ1) is 30.1. The number of ether oxygens (including phenoxy) is 1. The summed E-state index contributed by atoms with van der Waals surface area (Å²) < 4.78 is 6.47. The quantitative estimate of drug-likeness (QED) is 0.361. The van der Waals surface area contributed by atoms with Gasteiger partial charge in [0.2, 0.25) is 17.7 Å². The second-order valence-corrected chi connectivity index (χ2v) is 13.2. The van der Waals surface area contributed by atoms with Crippen molar-refractivity contribution >= 4 is 46.6 Å². The first-order chi connectivity index (χ1) is 20.7. The summed E-state index contributed by atoms with van der Waals surface area (Å²) in [5.41, 5.74) is 0.467. The highest BCUT2D eigenvalue weighted by atomic mass is 35.5. The molecule has 2 aromatic rings. The lowest BCUT2D eigenvalue weighted by molar-refractivity contribution is -0.141. The third-order valence-corrected chi connectivity index (χ3v) is 9.68. The topological polar surface area (TPSA) is 91.0 Å². The molecule has 2 bridgehead atoms. The number of nitrogens with one attached hydrogen (secondary N) is 2. The van der Waals surface area contributed by atoms with E-state index >= 15 is 0 Å². The third-order valence-electron chi connectivity index (χ3n) is 9.24. The largest absolute Gasteiger partial charge is 0.359 e.